The molecule has 0 bridgehead atoms. The average Bonchev–Trinajstić information content (AvgIpc) is 3.22. The highest BCUT2D eigenvalue weighted by atomic mass is 35.5. The molecule has 1 saturated carbocycles. The second-order valence-corrected chi connectivity index (χ2v) is 7.39. The normalized spacial score (nSPS) is 15.8. The minimum Gasteiger partial charge on any atom is -0.493 e. The third-order valence-corrected chi connectivity index (χ3v) is 4.69. The van der Waals surface area contributed by atoms with E-state index in [0.29, 0.717) is 46.3 Å². The van der Waals surface area contributed by atoms with Crippen LogP contribution in [0.25, 0.3) is 11.5 Å². The third-order valence-electron chi connectivity index (χ3n) is 4.40. The van der Waals surface area contributed by atoms with E-state index in [2.05, 4.69) is 24.0 Å². The van der Waals surface area contributed by atoms with Gasteiger partial charge in [-0.1, -0.05) is 43.4 Å². The first-order valence-electron chi connectivity index (χ1n) is 8.57. The molecule has 144 valence electrons. The van der Waals surface area contributed by atoms with Gasteiger partial charge in [0.15, 0.2) is 17.3 Å². The molecule has 6 nitrogen and oxygen atoms in total. The zero-order valence-electron chi connectivity index (χ0n) is 15.3. The number of methoxy groups -OCH3 is 1. The fourth-order valence-electron chi connectivity index (χ4n) is 3.01. The SMILES string of the molecule is COc1cc(-c2nc(C3(N)CCCC3)no2)cc(Cl)c1OCC(C)C.Cl. The molecule has 0 amide bonds. The lowest BCUT2D eigenvalue weighted by Gasteiger charge is -2.17. The number of ether oxygens (including phenoxy) is 2. The quantitative estimate of drug-likeness (QED) is 0.761. The molecule has 8 heteroatoms. The fourth-order valence-corrected chi connectivity index (χ4v) is 3.27. The van der Waals surface area contributed by atoms with Gasteiger partial charge in [0, 0.05) is 5.56 Å². The van der Waals surface area contributed by atoms with Gasteiger partial charge in [-0.05, 0) is 30.9 Å². The Morgan fingerprint density at radius 1 is 1.31 bits per heavy atom. The summed E-state index contributed by atoms with van der Waals surface area (Å²) in [6.45, 7) is 4.69. The maximum absolute atomic E-state index is 6.39. The second kappa shape index (κ2) is 8.46. The summed E-state index contributed by atoms with van der Waals surface area (Å²) in [5.41, 5.74) is 6.58. The van der Waals surface area contributed by atoms with Crippen molar-refractivity contribution in [2.24, 2.45) is 11.7 Å². The fraction of sp³-hybridized carbons (Fsp3) is 0.556. The highest BCUT2D eigenvalue weighted by molar-refractivity contribution is 6.32. The van der Waals surface area contributed by atoms with Crippen LogP contribution in [0.2, 0.25) is 5.02 Å². The van der Waals surface area contributed by atoms with Crippen LogP contribution < -0.4 is 15.2 Å². The van der Waals surface area contributed by atoms with Crippen LogP contribution in [0.5, 0.6) is 11.5 Å². The van der Waals surface area contributed by atoms with Crippen LogP contribution in [0, 0.1) is 5.92 Å². The van der Waals surface area contributed by atoms with E-state index in [9.17, 15) is 0 Å². The topological polar surface area (TPSA) is 83.4 Å². The van der Waals surface area contributed by atoms with E-state index < -0.39 is 5.54 Å². The van der Waals surface area contributed by atoms with Crippen molar-refractivity contribution in [1.82, 2.24) is 10.1 Å². The summed E-state index contributed by atoms with van der Waals surface area (Å²) in [5, 5.41) is 4.53. The van der Waals surface area contributed by atoms with Gasteiger partial charge in [0.1, 0.15) is 0 Å². The van der Waals surface area contributed by atoms with Gasteiger partial charge >= 0.3 is 0 Å². The third kappa shape index (κ3) is 4.24. The van der Waals surface area contributed by atoms with Gasteiger partial charge in [-0.15, -0.1) is 12.4 Å². The van der Waals surface area contributed by atoms with Crippen LogP contribution in [0.15, 0.2) is 16.7 Å². The maximum Gasteiger partial charge on any atom is 0.258 e. The summed E-state index contributed by atoms with van der Waals surface area (Å²) >= 11 is 6.39. The Bertz CT molecular complexity index is 743. The lowest BCUT2D eigenvalue weighted by atomic mass is 9.99. The Kier molecular flexibility index (Phi) is 6.77. The summed E-state index contributed by atoms with van der Waals surface area (Å²) in [4.78, 5) is 4.50. The van der Waals surface area contributed by atoms with Crippen LogP contribution in [0.1, 0.15) is 45.4 Å². The molecule has 1 fully saturated rings. The minimum absolute atomic E-state index is 0. The van der Waals surface area contributed by atoms with Gasteiger partial charge in [0.05, 0.1) is 24.3 Å². The molecule has 0 radical (unpaired) electrons. The highest BCUT2D eigenvalue weighted by Crippen LogP contribution is 2.40. The van der Waals surface area contributed by atoms with Gasteiger partial charge in [-0.3, -0.25) is 0 Å². The monoisotopic (exact) mass is 401 g/mol. The molecule has 0 aliphatic heterocycles. The first-order chi connectivity index (χ1) is 11.9. The van der Waals surface area contributed by atoms with Crippen LogP contribution in [-0.2, 0) is 5.54 Å². The van der Waals surface area contributed by atoms with Crippen molar-refractivity contribution in [3.05, 3.63) is 23.0 Å². The molecule has 1 aliphatic rings. The smallest absolute Gasteiger partial charge is 0.258 e. The van der Waals surface area contributed by atoms with Crippen LogP contribution in [0.4, 0.5) is 0 Å². The minimum atomic E-state index is -0.490. The van der Waals surface area contributed by atoms with Gasteiger partial charge in [-0.2, -0.15) is 4.98 Å². The van der Waals surface area contributed by atoms with E-state index in [0.717, 1.165) is 25.7 Å². The van der Waals surface area contributed by atoms with Crippen molar-refractivity contribution in [3.63, 3.8) is 0 Å². The van der Waals surface area contributed by atoms with Gasteiger partial charge in [0.2, 0.25) is 0 Å². The summed E-state index contributed by atoms with van der Waals surface area (Å²) < 4.78 is 16.6. The maximum atomic E-state index is 6.39. The van der Waals surface area contributed by atoms with Gasteiger partial charge in [-0.25, -0.2) is 0 Å². The number of rotatable bonds is 6. The number of nitrogens with zero attached hydrogens (tertiary/aromatic N) is 2. The first-order valence-corrected chi connectivity index (χ1v) is 8.94. The molecular formula is C18H25Cl2N3O3. The van der Waals surface area contributed by atoms with E-state index in [1.807, 2.05) is 0 Å². The molecular weight excluding hydrogens is 377 g/mol. The number of halogens is 2. The average molecular weight is 402 g/mol. The molecule has 1 aliphatic carbocycles. The molecule has 0 spiro atoms. The standard InChI is InChI=1S/C18H24ClN3O3.ClH/c1-11(2)10-24-15-13(19)8-12(9-14(15)23-3)16-21-17(22-25-16)18(20)6-4-5-7-18;/h8-9,11H,4-7,10,20H2,1-3H3;1H. The Labute approximate surface area is 164 Å². The molecule has 2 aromatic rings. The highest BCUT2D eigenvalue weighted by Gasteiger charge is 2.36. The molecule has 0 unspecified atom stereocenters. The molecule has 26 heavy (non-hydrogen) atoms. The first kappa shape index (κ1) is 20.8. The number of aromatic nitrogens is 2. The van der Waals surface area contributed by atoms with Crippen molar-refractivity contribution in [1.29, 1.82) is 0 Å². The molecule has 1 aromatic carbocycles. The largest absolute Gasteiger partial charge is 0.493 e. The van der Waals surface area contributed by atoms with E-state index in [4.69, 9.17) is 31.3 Å². The zero-order valence-corrected chi connectivity index (χ0v) is 16.8. The lowest BCUT2D eigenvalue weighted by molar-refractivity contribution is 0.257. The van der Waals surface area contributed by atoms with E-state index in [1.165, 1.54) is 0 Å². The van der Waals surface area contributed by atoms with Crippen LogP contribution >= 0.6 is 24.0 Å². The molecule has 3 rings (SSSR count). The van der Waals surface area contributed by atoms with Crippen LogP contribution in [0.3, 0.4) is 0 Å². The Morgan fingerprint density at radius 3 is 2.62 bits per heavy atom. The number of hydrogen-bond acceptors (Lipinski definition) is 6. The van der Waals surface area contributed by atoms with Crippen LogP contribution in [-0.4, -0.2) is 23.9 Å². The Morgan fingerprint density at radius 2 is 2.00 bits per heavy atom. The van der Waals surface area contributed by atoms with E-state index in [1.54, 1.807) is 19.2 Å². The lowest BCUT2D eigenvalue weighted by Crippen LogP contribution is -2.34. The van der Waals surface area contributed by atoms with Crippen molar-refractivity contribution in [2.45, 2.75) is 45.1 Å². The summed E-state index contributed by atoms with van der Waals surface area (Å²) in [7, 11) is 1.57. The predicted molar refractivity (Wildman–Crippen MR) is 103 cm³/mol. The van der Waals surface area contributed by atoms with E-state index in [-0.39, 0.29) is 12.4 Å². The number of benzene rings is 1. The Balaban J connectivity index is 0.00000243. The number of nitrogens with two attached hydrogens (primary N) is 1. The van der Waals surface area contributed by atoms with Gasteiger partial charge in [0.25, 0.3) is 5.89 Å². The molecule has 2 N–H and O–H groups in total. The van der Waals surface area contributed by atoms with Crippen molar-refractivity contribution >= 4 is 24.0 Å². The van der Waals surface area contributed by atoms with Crippen molar-refractivity contribution in [3.8, 4) is 23.0 Å². The zero-order chi connectivity index (χ0) is 18.0. The van der Waals surface area contributed by atoms with Crippen molar-refractivity contribution in [2.75, 3.05) is 13.7 Å². The summed E-state index contributed by atoms with van der Waals surface area (Å²) in [6, 6.07) is 3.53. The van der Waals surface area contributed by atoms with Gasteiger partial charge < -0.3 is 19.7 Å². The molecule has 0 saturated heterocycles. The summed E-state index contributed by atoms with van der Waals surface area (Å²) in [5.74, 6) is 2.36. The molecule has 1 aromatic heterocycles. The van der Waals surface area contributed by atoms with Crippen molar-refractivity contribution < 1.29 is 14.0 Å². The van der Waals surface area contributed by atoms with E-state index >= 15 is 0 Å². The Hall–Kier alpha value is -1.50. The predicted octanol–water partition coefficient (Wildman–Crippen LogP) is 4.58. The summed E-state index contributed by atoms with van der Waals surface area (Å²) in [6.07, 6.45) is 3.92. The second-order valence-electron chi connectivity index (χ2n) is 6.98. The molecule has 0 atom stereocenters. The molecule has 1 heterocycles. The number of hydrogen-bond donors (Lipinski definition) is 1.